The van der Waals surface area contributed by atoms with Gasteiger partial charge in [-0.25, -0.2) is 0 Å². The number of rotatable bonds is 7. The Kier molecular flexibility index (Phi) is 6.57. The third-order valence-corrected chi connectivity index (χ3v) is 4.85. The molecule has 0 bridgehead atoms. The topological polar surface area (TPSA) is 69.6 Å². The Hall–Kier alpha value is -3.54. The van der Waals surface area contributed by atoms with E-state index in [1.165, 1.54) is 22.3 Å². The maximum absolute atomic E-state index is 12.7. The molecule has 0 unspecified atom stereocenters. The van der Waals surface area contributed by atoms with Crippen molar-refractivity contribution in [3.05, 3.63) is 87.8 Å². The van der Waals surface area contributed by atoms with Crippen LogP contribution in [0.5, 0.6) is 11.5 Å². The standard InChI is InChI=1S/C24H26N2O4/c1-16(2)18-5-8-20(9-6-18)25-24(28)19-7-10-23(27)26(15-19)14-17-11-21(29-3)13-22(12-17)30-4/h5-13,15-16H,14H2,1-4H3,(H,25,28). The van der Waals surface area contributed by atoms with E-state index in [1.807, 2.05) is 36.4 Å². The van der Waals surface area contributed by atoms with E-state index in [9.17, 15) is 9.59 Å². The number of methoxy groups -OCH3 is 2. The van der Waals surface area contributed by atoms with Crippen LogP contribution >= 0.6 is 0 Å². The van der Waals surface area contributed by atoms with Crippen molar-refractivity contribution < 1.29 is 14.3 Å². The lowest BCUT2D eigenvalue weighted by Gasteiger charge is -2.12. The molecule has 0 spiro atoms. The SMILES string of the molecule is COc1cc(Cn2cc(C(=O)Nc3ccc(C(C)C)cc3)ccc2=O)cc(OC)c1. The number of carbonyl (C=O) groups excluding carboxylic acids is 1. The number of pyridine rings is 1. The summed E-state index contributed by atoms with van der Waals surface area (Å²) < 4.78 is 12.1. The predicted octanol–water partition coefficient (Wildman–Crippen LogP) is 4.29. The molecule has 0 aliphatic carbocycles. The van der Waals surface area contributed by atoms with E-state index in [-0.39, 0.29) is 18.0 Å². The molecular formula is C24H26N2O4. The third-order valence-electron chi connectivity index (χ3n) is 4.85. The zero-order valence-electron chi connectivity index (χ0n) is 17.6. The summed E-state index contributed by atoms with van der Waals surface area (Å²) in [6, 6.07) is 16.1. The molecule has 1 heterocycles. The summed E-state index contributed by atoms with van der Waals surface area (Å²) in [6.45, 7) is 4.53. The van der Waals surface area contributed by atoms with Gasteiger partial charge in [-0.2, -0.15) is 0 Å². The smallest absolute Gasteiger partial charge is 0.257 e. The molecule has 3 aromatic rings. The van der Waals surface area contributed by atoms with Crippen LogP contribution in [0, 0.1) is 0 Å². The first kappa shape index (κ1) is 21.2. The van der Waals surface area contributed by atoms with E-state index >= 15 is 0 Å². The Balaban J connectivity index is 1.81. The average Bonchev–Trinajstić information content (AvgIpc) is 2.75. The van der Waals surface area contributed by atoms with Crippen LogP contribution in [-0.4, -0.2) is 24.7 Å². The van der Waals surface area contributed by atoms with Crippen molar-refractivity contribution in [2.75, 3.05) is 19.5 Å². The first-order valence-electron chi connectivity index (χ1n) is 9.73. The van der Waals surface area contributed by atoms with Crippen molar-refractivity contribution in [2.24, 2.45) is 0 Å². The highest BCUT2D eigenvalue weighted by atomic mass is 16.5. The lowest BCUT2D eigenvalue weighted by molar-refractivity contribution is 0.102. The van der Waals surface area contributed by atoms with Gasteiger partial charge >= 0.3 is 0 Å². The van der Waals surface area contributed by atoms with E-state index in [0.29, 0.717) is 28.7 Å². The molecule has 1 N–H and O–H groups in total. The van der Waals surface area contributed by atoms with Crippen LogP contribution in [0.1, 0.15) is 41.3 Å². The molecule has 2 aromatic carbocycles. The third kappa shape index (κ3) is 5.08. The second-order valence-electron chi connectivity index (χ2n) is 7.34. The van der Waals surface area contributed by atoms with Crippen molar-refractivity contribution in [1.29, 1.82) is 0 Å². The number of anilines is 1. The van der Waals surface area contributed by atoms with Gasteiger partial charge in [-0.15, -0.1) is 0 Å². The summed E-state index contributed by atoms with van der Waals surface area (Å²) in [4.78, 5) is 25.0. The van der Waals surface area contributed by atoms with Gasteiger partial charge in [0.15, 0.2) is 0 Å². The number of carbonyl (C=O) groups is 1. The molecule has 0 fully saturated rings. The molecule has 0 saturated heterocycles. The number of hydrogen-bond donors (Lipinski definition) is 1. The Morgan fingerprint density at radius 3 is 2.17 bits per heavy atom. The number of ether oxygens (including phenoxy) is 2. The van der Waals surface area contributed by atoms with Gasteiger partial charge in [-0.05, 0) is 47.4 Å². The quantitative estimate of drug-likeness (QED) is 0.636. The molecule has 0 aliphatic heterocycles. The average molecular weight is 406 g/mol. The molecule has 1 amide bonds. The normalized spacial score (nSPS) is 10.7. The number of benzene rings is 2. The van der Waals surface area contributed by atoms with Gasteiger partial charge in [0, 0.05) is 24.0 Å². The number of amides is 1. The Morgan fingerprint density at radius 1 is 0.967 bits per heavy atom. The maximum Gasteiger partial charge on any atom is 0.257 e. The molecule has 0 atom stereocenters. The first-order valence-corrected chi connectivity index (χ1v) is 9.73. The Morgan fingerprint density at radius 2 is 1.60 bits per heavy atom. The van der Waals surface area contributed by atoms with Crippen LogP contribution < -0.4 is 20.3 Å². The van der Waals surface area contributed by atoms with Gasteiger partial charge in [-0.1, -0.05) is 26.0 Å². The lowest BCUT2D eigenvalue weighted by Crippen LogP contribution is -2.22. The molecule has 30 heavy (non-hydrogen) atoms. The molecule has 3 rings (SSSR count). The summed E-state index contributed by atoms with van der Waals surface area (Å²) >= 11 is 0. The van der Waals surface area contributed by atoms with Crippen molar-refractivity contribution >= 4 is 11.6 Å². The van der Waals surface area contributed by atoms with Crippen LogP contribution in [0.2, 0.25) is 0 Å². The van der Waals surface area contributed by atoms with E-state index in [0.717, 1.165) is 5.56 Å². The van der Waals surface area contributed by atoms with Gasteiger partial charge in [-0.3, -0.25) is 9.59 Å². The van der Waals surface area contributed by atoms with Crippen molar-refractivity contribution in [3.63, 3.8) is 0 Å². The second kappa shape index (κ2) is 9.31. The molecule has 6 heteroatoms. The minimum Gasteiger partial charge on any atom is -0.497 e. The van der Waals surface area contributed by atoms with Crippen LogP contribution in [0.4, 0.5) is 5.69 Å². The zero-order valence-corrected chi connectivity index (χ0v) is 17.6. The monoisotopic (exact) mass is 406 g/mol. The second-order valence-corrected chi connectivity index (χ2v) is 7.34. The van der Waals surface area contributed by atoms with Crippen LogP contribution in [0.15, 0.2) is 65.6 Å². The van der Waals surface area contributed by atoms with Crippen LogP contribution in [-0.2, 0) is 6.54 Å². The summed E-state index contributed by atoms with van der Waals surface area (Å²) in [6.07, 6.45) is 1.56. The van der Waals surface area contributed by atoms with Gasteiger partial charge in [0.2, 0.25) is 0 Å². The minimum atomic E-state index is -0.274. The van der Waals surface area contributed by atoms with E-state index in [1.54, 1.807) is 26.5 Å². The van der Waals surface area contributed by atoms with Crippen molar-refractivity contribution in [2.45, 2.75) is 26.3 Å². The van der Waals surface area contributed by atoms with Crippen molar-refractivity contribution in [3.8, 4) is 11.5 Å². The largest absolute Gasteiger partial charge is 0.497 e. The van der Waals surface area contributed by atoms with Gasteiger partial charge in [0.1, 0.15) is 11.5 Å². The highest BCUT2D eigenvalue weighted by Crippen LogP contribution is 2.23. The number of hydrogen-bond acceptors (Lipinski definition) is 4. The summed E-state index contributed by atoms with van der Waals surface area (Å²) in [7, 11) is 3.15. The Bertz CT molecular complexity index is 1060. The fourth-order valence-corrected chi connectivity index (χ4v) is 3.10. The number of aromatic nitrogens is 1. The molecule has 0 aliphatic rings. The first-order chi connectivity index (χ1) is 14.4. The van der Waals surface area contributed by atoms with E-state index in [2.05, 4.69) is 19.2 Å². The van der Waals surface area contributed by atoms with Crippen LogP contribution in [0.3, 0.4) is 0 Å². The fourth-order valence-electron chi connectivity index (χ4n) is 3.10. The lowest BCUT2D eigenvalue weighted by atomic mass is 10.0. The van der Waals surface area contributed by atoms with E-state index in [4.69, 9.17) is 9.47 Å². The van der Waals surface area contributed by atoms with Crippen molar-refractivity contribution in [1.82, 2.24) is 4.57 Å². The highest BCUT2D eigenvalue weighted by molar-refractivity contribution is 6.04. The Labute approximate surface area is 176 Å². The summed E-state index contributed by atoms with van der Waals surface area (Å²) in [5.74, 6) is 1.42. The molecular weight excluding hydrogens is 380 g/mol. The van der Waals surface area contributed by atoms with Crippen LogP contribution in [0.25, 0.3) is 0 Å². The molecule has 1 aromatic heterocycles. The number of nitrogens with one attached hydrogen (secondary N) is 1. The fraction of sp³-hybridized carbons (Fsp3) is 0.250. The van der Waals surface area contributed by atoms with Gasteiger partial charge in [0.25, 0.3) is 11.5 Å². The summed E-state index contributed by atoms with van der Waals surface area (Å²) in [5, 5.41) is 2.88. The maximum atomic E-state index is 12.7. The molecule has 156 valence electrons. The zero-order chi connectivity index (χ0) is 21.7. The van der Waals surface area contributed by atoms with Gasteiger partial charge in [0.05, 0.1) is 26.3 Å². The molecule has 6 nitrogen and oxygen atoms in total. The summed E-state index contributed by atoms with van der Waals surface area (Å²) in [5.41, 5.74) is 2.94. The van der Waals surface area contributed by atoms with E-state index < -0.39 is 0 Å². The number of nitrogens with zero attached hydrogens (tertiary/aromatic N) is 1. The minimum absolute atomic E-state index is 0.199. The molecule has 0 saturated carbocycles. The van der Waals surface area contributed by atoms with Gasteiger partial charge < -0.3 is 19.4 Å². The molecule has 0 radical (unpaired) electrons. The predicted molar refractivity (Wildman–Crippen MR) is 118 cm³/mol. The highest BCUT2D eigenvalue weighted by Gasteiger charge is 2.10.